The van der Waals surface area contributed by atoms with Gasteiger partial charge in [0.2, 0.25) is 11.8 Å². The number of para-hydroxylation sites is 1. The number of carbonyl (C=O) groups is 2. The molecular weight excluding hydrogens is 470 g/mol. The van der Waals surface area contributed by atoms with E-state index in [0.29, 0.717) is 11.0 Å². The Bertz CT molecular complexity index is 1360. The maximum atomic E-state index is 12.5. The molecule has 0 aliphatic carbocycles. The van der Waals surface area contributed by atoms with Gasteiger partial charge in [0.25, 0.3) is 0 Å². The zero-order valence-electron chi connectivity index (χ0n) is 20.8. The second kappa shape index (κ2) is 11.2. The quantitative estimate of drug-likeness (QED) is 0.333. The predicted octanol–water partition coefficient (Wildman–Crippen LogP) is 5.01. The number of nitrogens with one attached hydrogen (secondary N) is 2. The van der Waals surface area contributed by atoms with Crippen LogP contribution in [0.25, 0.3) is 17.1 Å². The lowest BCUT2D eigenvalue weighted by Crippen LogP contribution is -2.34. The van der Waals surface area contributed by atoms with Crippen LogP contribution in [0.1, 0.15) is 22.3 Å². The lowest BCUT2D eigenvalue weighted by molar-refractivity contribution is -0.122. The van der Waals surface area contributed by atoms with Crippen molar-refractivity contribution in [2.24, 2.45) is 0 Å². The molecule has 2 N–H and O–H groups in total. The van der Waals surface area contributed by atoms with Crippen molar-refractivity contribution in [1.29, 1.82) is 0 Å². The number of hydrogen-bond acceptors (Lipinski definition) is 5. The topological polar surface area (TPSA) is 88.9 Å². The van der Waals surface area contributed by atoms with Gasteiger partial charge < -0.3 is 10.6 Å². The van der Waals surface area contributed by atoms with Gasteiger partial charge in [-0.2, -0.15) is 0 Å². The van der Waals surface area contributed by atoms with Gasteiger partial charge in [0.1, 0.15) is 0 Å². The number of nitrogens with zero attached hydrogens (tertiary/aromatic N) is 3. The van der Waals surface area contributed by atoms with Crippen LogP contribution in [-0.2, 0) is 9.59 Å². The zero-order valence-corrected chi connectivity index (χ0v) is 21.6. The maximum absolute atomic E-state index is 12.5. The number of benzene rings is 3. The normalized spacial score (nSPS) is 10.8. The molecule has 0 spiro atoms. The van der Waals surface area contributed by atoms with E-state index in [1.165, 1.54) is 11.8 Å². The van der Waals surface area contributed by atoms with Crippen LogP contribution in [0.3, 0.4) is 0 Å². The van der Waals surface area contributed by atoms with Gasteiger partial charge in [0.05, 0.1) is 12.3 Å². The summed E-state index contributed by atoms with van der Waals surface area (Å²) < 4.78 is 1.95. The molecule has 0 saturated heterocycles. The molecule has 1 aromatic heterocycles. The Hall–Kier alpha value is -3.91. The Kier molecular flexibility index (Phi) is 7.85. The first-order chi connectivity index (χ1) is 17.3. The third kappa shape index (κ3) is 6.01. The highest BCUT2D eigenvalue weighted by atomic mass is 32.2. The fraction of sp³-hybridized carbons (Fsp3) is 0.214. The van der Waals surface area contributed by atoms with Crippen LogP contribution >= 0.6 is 11.8 Å². The van der Waals surface area contributed by atoms with E-state index in [1.807, 2.05) is 99.0 Å². The van der Waals surface area contributed by atoms with Crippen LogP contribution in [-0.4, -0.2) is 38.9 Å². The summed E-state index contributed by atoms with van der Waals surface area (Å²) in [5, 5.41) is 15.0. The molecule has 0 unspecified atom stereocenters. The van der Waals surface area contributed by atoms with E-state index in [9.17, 15) is 9.59 Å². The van der Waals surface area contributed by atoms with Gasteiger partial charge in [-0.15, -0.1) is 10.2 Å². The predicted molar refractivity (Wildman–Crippen MR) is 145 cm³/mol. The van der Waals surface area contributed by atoms with E-state index in [4.69, 9.17) is 0 Å². The molecule has 0 aliphatic heterocycles. The molecule has 3 aromatic carbocycles. The van der Waals surface area contributed by atoms with Gasteiger partial charge in [-0.25, -0.2) is 0 Å². The van der Waals surface area contributed by atoms with Gasteiger partial charge in [-0.1, -0.05) is 77.5 Å². The van der Waals surface area contributed by atoms with E-state index in [-0.39, 0.29) is 24.1 Å². The van der Waals surface area contributed by atoms with Crippen LogP contribution in [0.4, 0.5) is 5.69 Å². The largest absolute Gasteiger partial charge is 0.346 e. The Morgan fingerprint density at radius 3 is 2.06 bits per heavy atom. The van der Waals surface area contributed by atoms with Gasteiger partial charge in [-0.3, -0.25) is 14.2 Å². The van der Waals surface area contributed by atoms with Gasteiger partial charge in [0, 0.05) is 16.9 Å². The number of aromatic nitrogens is 3. The Balaban J connectivity index is 1.44. The summed E-state index contributed by atoms with van der Waals surface area (Å²) >= 11 is 1.28. The fourth-order valence-corrected chi connectivity index (χ4v) is 4.52. The summed E-state index contributed by atoms with van der Waals surface area (Å²) in [6, 6.07) is 22.0. The Labute approximate surface area is 215 Å². The minimum Gasteiger partial charge on any atom is -0.346 e. The molecule has 0 saturated carbocycles. The number of aryl methyl sites for hydroxylation is 4. The monoisotopic (exact) mass is 499 g/mol. The van der Waals surface area contributed by atoms with E-state index < -0.39 is 0 Å². The molecule has 2 amide bonds. The molecule has 0 radical (unpaired) electrons. The maximum Gasteiger partial charge on any atom is 0.243 e. The summed E-state index contributed by atoms with van der Waals surface area (Å²) in [5.74, 6) is 0.283. The number of hydrogen-bond donors (Lipinski definition) is 2. The average Bonchev–Trinajstić information content (AvgIpc) is 3.28. The highest BCUT2D eigenvalue weighted by Crippen LogP contribution is 2.28. The van der Waals surface area contributed by atoms with Gasteiger partial charge >= 0.3 is 0 Å². The lowest BCUT2D eigenvalue weighted by Gasteiger charge is -2.12. The highest BCUT2D eigenvalue weighted by Gasteiger charge is 2.18. The van der Waals surface area contributed by atoms with Crippen LogP contribution < -0.4 is 10.6 Å². The second-order valence-electron chi connectivity index (χ2n) is 8.72. The van der Waals surface area contributed by atoms with Gasteiger partial charge in [0.15, 0.2) is 11.0 Å². The van der Waals surface area contributed by atoms with Crippen LogP contribution in [0.15, 0.2) is 71.9 Å². The van der Waals surface area contributed by atoms with Crippen molar-refractivity contribution in [3.63, 3.8) is 0 Å². The molecule has 4 aromatic rings. The standard InChI is InChI=1S/C28H29N5O2S/c1-18-8-12-22(13-9-18)27-31-32-28(33(27)23-14-10-19(2)11-15-23)36-17-25(35)29-16-24(34)30-26-20(3)6-5-7-21(26)4/h5-15H,16-17H2,1-4H3,(H,29,35)(H,30,34). The minimum atomic E-state index is -0.268. The Morgan fingerprint density at radius 1 is 0.806 bits per heavy atom. The smallest absolute Gasteiger partial charge is 0.243 e. The summed E-state index contributed by atoms with van der Waals surface area (Å²) in [7, 11) is 0. The average molecular weight is 500 g/mol. The molecule has 184 valence electrons. The molecule has 0 atom stereocenters. The molecule has 0 aliphatic rings. The molecule has 0 fully saturated rings. The second-order valence-corrected chi connectivity index (χ2v) is 9.67. The first-order valence-corrected chi connectivity index (χ1v) is 12.7. The molecule has 4 rings (SSSR count). The summed E-state index contributed by atoms with van der Waals surface area (Å²) in [6.07, 6.45) is 0. The molecule has 7 nitrogen and oxygen atoms in total. The van der Waals surface area contributed by atoms with Crippen molar-refractivity contribution in [1.82, 2.24) is 20.1 Å². The molecule has 8 heteroatoms. The molecule has 0 bridgehead atoms. The number of anilines is 1. The van der Waals surface area contributed by atoms with Crippen molar-refractivity contribution >= 4 is 29.3 Å². The van der Waals surface area contributed by atoms with Crippen LogP contribution in [0.2, 0.25) is 0 Å². The molecule has 1 heterocycles. The summed E-state index contributed by atoms with van der Waals surface area (Å²) in [6.45, 7) is 7.84. The summed E-state index contributed by atoms with van der Waals surface area (Å²) in [4.78, 5) is 24.9. The van der Waals surface area contributed by atoms with Crippen LogP contribution in [0, 0.1) is 27.7 Å². The van der Waals surface area contributed by atoms with E-state index in [1.54, 1.807) is 0 Å². The van der Waals surface area contributed by atoms with E-state index in [0.717, 1.165) is 39.2 Å². The first-order valence-electron chi connectivity index (χ1n) is 11.7. The SMILES string of the molecule is Cc1ccc(-c2nnc(SCC(=O)NCC(=O)Nc3c(C)cccc3C)n2-c2ccc(C)cc2)cc1. The van der Waals surface area contributed by atoms with Crippen LogP contribution in [0.5, 0.6) is 0 Å². The third-order valence-electron chi connectivity index (χ3n) is 5.76. The Morgan fingerprint density at radius 2 is 1.42 bits per heavy atom. The highest BCUT2D eigenvalue weighted by molar-refractivity contribution is 7.99. The van der Waals surface area contributed by atoms with Crippen molar-refractivity contribution in [3.05, 3.63) is 89.0 Å². The summed E-state index contributed by atoms with van der Waals surface area (Å²) in [5.41, 5.74) is 6.89. The van der Waals surface area contributed by atoms with Crippen molar-refractivity contribution < 1.29 is 9.59 Å². The van der Waals surface area contributed by atoms with Gasteiger partial charge in [-0.05, 0) is 51.0 Å². The minimum absolute atomic E-state index is 0.105. The van der Waals surface area contributed by atoms with E-state index in [2.05, 4.69) is 20.8 Å². The third-order valence-corrected chi connectivity index (χ3v) is 6.69. The molecule has 36 heavy (non-hydrogen) atoms. The number of amides is 2. The van der Waals surface area contributed by atoms with Crippen molar-refractivity contribution in [2.75, 3.05) is 17.6 Å². The number of rotatable bonds is 8. The number of thioether (sulfide) groups is 1. The fourth-order valence-electron chi connectivity index (χ4n) is 3.73. The van der Waals surface area contributed by atoms with Crippen molar-refractivity contribution in [3.8, 4) is 17.1 Å². The lowest BCUT2D eigenvalue weighted by atomic mass is 10.1. The number of carbonyl (C=O) groups excluding carboxylic acids is 2. The van der Waals surface area contributed by atoms with E-state index >= 15 is 0 Å². The van der Waals surface area contributed by atoms with Crippen molar-refractivity contribution in [2.45, 2.75) is 32.9 Å². The molecular formula is C28H29N5O2S. The first kappa shape index (κ1) is 25.2. The zero-order chi connectivity index (χ0) is 25.7.